The topological polar surface area (TPSA) is 78.2 Å². The van der Waals surface area contributed by atoms with Crippen LogP contribution in [0.25, 0.3) is 23.5 Å². The first-order valence-electron chi connectivity index (χ1n) is 8.18. The van der Waals surface area contributed by atoms with Crippen LogP contribution in [-0.4, -0.2) is 19.2 Å². The average Bonchev–Trinajstić information content (AvgIpc) is 2.99. The third kappa shape index (κ3) is 2.88. The molecular weight excluding hydrogens is 326 g/mol. The maximum Gasteiger partial charge on any atom is 0.273 e. The third-order valence-electron chi connectivity index (χ3n) is 4.09. The molecule has 0 bridgehead atoms. The first-order valence-corrected chi connectivity index (χ1v) is 8.18. The van der Waals surface area contributed by atoms with E-state index in [-0.39, 0.29) is 5.56 Å². The molecule has 0 aliphatic heterocycles. The summed E-state index contributed by atoms with van der Waals surface area (Å²) >= 11 is 0. The largest absolute Gasteiger partial charge is 0.399 e. The summed E-state index contributed by atoms with van der Waals surface area (Å²) in [6.07, 6.45) is 9.07. The van der Waals surface area contributed by atoms with E-state index in [9.17, 15) is 4.79 Å². The first-order chi connectivity index (χ1) is 12.6. The molecule has 6 heteroatoms. The maximum absolute atomic E-state index is 12.7. The fraction of sp³-hybridized carbons (Fsp3) is 0.0500. The van der Waals surface area contributed by atoms with Gasteiger partial charge < -0.3 is 5.73 Å². The van der Waals surface area contributed by atoms with Gasteiger partial charge in [-0.15, -0.1) is 0 Å². The predicted molar refractivity (Wildman–Crippen MR) is 103 cm³/mol. The molecule has 0 saturated heterocycles. The van der Waals surface area contributed by atoms with Crippen molar-refractivity contribution in [2.24, 2.45) is 0 Å². The quantitative estimate of drug-likeness (QED) is 0.580. The van der Waals surface area contributed by atoms with Gasteiger partial charge in [-0.2, -0.15) is 4.52 Å². The number of hydrogen-bond donors (Lipinski definition) is 1. The molecule has 0 radical (unpaired) electrons. The number of fused-ring (bicyclic) bond motifs is 1. The molecule has 0 spiro atoms. The minimum atomic E-state index is -0.147. The summed E-state index contributed by atoms with van der Waals surface area (Å²) in [7, 11) is 0. The molecule has 4 aromatic rings. The second-order valence-electron chi connectivity index (χ2n) is 6.02. The normalized spacial score (nSPS) is 11.4. The zero-order chi connectivity index (χ0) is 18.1. The molecule has 0 aliphatic carbocycles. The van der Waals surface area contributed by atoms with Crippen LogP contribution in [0.5, 0.6) is 0 Å². The number of nitrogens with zero attached hydrogens (tertiary/aromatic N) is 4. The van der Waals surface area contributed by atoms with Gasteiger partial charge in [-0.3, -0.25) is 14.5 Å². The van der Waals surface area contributed by atoms with Crippen molar-refractivity contribution in [2.45, 2.75) is 6.92 Å². The Hall–Kier alpha value is -3.67. The van der Waals surface area contributed by atoms with E-state index in [1.165, 1.54) is 6.07 Å². The Balaban J connectivity index is 1.81. The van der Waals surface area contributed by atoms with E-state index >= 15 is 0 Å². The highest BCUT2D eigenvalue weighted by Crippen LogP contribution is 2.16. The van der Waals surface area contributed by atoms with Gasteiger partial charge in [0.1, 0.15) is 0 Å². The summed E-state index contributed by atoms with van der Waals surface area (Å²) in [6, 6.07) is 12.7. The highest BCUT2D eigenvalue weighted by Gasteiger charge is 2.11. The lowest BCUT2D eigenvalue weighted by atomic mass is 10.2. The fourth-order valence-corrected chi connectivity index (χ4v) is 2.81. The van der Waals surface area contributed by atoms with Gasteiger partial charge in [0, 0.05) is 35.9 Å². The van der Waals surface area contributed by atoms with Crippen molar-refractivity contribution >= 4 is 23.5 Å². The molecule has 2 N–H and O–H groups in total. The summed E-state index contributed by atoms with van der Waals surface area (Å²) in [6.45, 7) is 1.93. The van der Waals surface area contributed by atoms with Crippen molar-refractivity contribution in [1.29, 1.82) is 0 Å². The zero-order valence-corrected chi connectivity index (χ0v) is 14.2. The van der Waals surface area contributed by atoms with E-state index in [0.717, 1.165) is 16.8 Å². The van der Waals surface area contributed by atoms with Gasteiger partial charge in [-0.1, -0.05) is 12.1 Å². The van der Waals surface area contributed by atoms with E-state index in [2.05, 4.69) is 9.97 Å². The van der Waals surface area contributed by atoms with E-state index < -0.39 is 0 Å². The van der Waals surface area contributed by atoms with Crippen molar-refractivity contribution in [3.8, 4) is 5.69 Å². The number of aryl methyl sites for hydroxylation is 1. The Labute approximate surface area is 149 Å². The summed E-state index contributed by atoms with van der Waals surface area (Å²) in [4.78, 5) is 21.4. The van der Waals surface area contributed by atoms with Gasteiger partial charge in [0.25, 0.3) is 5.56 Å². The molecule has 0 aliphatic rings. The van der Waals surface area contributed by atoms with Crippen LogP contribution in [0.3, 0.4) is 0 Å². The fourth-order valence-electron chi connectivity index (χ4n) is 2.81. The number of nitrogen functional groups attached to an aromatic ring is 1. The molecular formula is C20H17N5O. The van der Waals surface area contributed by atoms with E-state index in [1.807, 2.05) is 49.5 Å². The van der Waals surface area contributed by atoms with Gasteiger partial charge in [-0.25, -0.2) is 4.98 Å². The number of anilines is 1. The molecule has 6 nitrogen and oxygen atoms in total. The summed E-state index contributed by atoms with van der Waals surface area (Å²) < 4.78 is 3.34. The van der Waals surface area contributed by atoms with Gasteiger partial charge >= 0.3 is 0 Å². The van der Waals surface area contributed by atoms with Crippen LogP contribution in [-0.2, 0) is 0 Å². The molecule has 0 atom stereocenters. The highest BCUT2D eigenvalue weighted by molar-refractivity contribution is 5.68. The molecule has 4 rings (SSSR count). The maximum atomic E-state index is 12.7. The smallest absolute Gasteiger partial charge is 0.273 e. The predicted octanol–water partition coefficient (Wildman–Crippen LogP) is 2.94. The molecule has 1 aromatic carbocycles. The van der Waals surface area contributed by atoms with Crippen molar-refractivity contribution in [3.05, 3.63) is 88.2 Å². The summed E-state index contributed by atoms with van der Waals surface area (Å²) in [5.41, 5.74) is 10.2. The third-order valence-corrected chi connectivity index (χ3v) is 4.09. The first kappa shape index (κ1) is 15.8. The van der Waals surface area contributed by atoms with Gasteiger partial charge in [-0.05, 0) is 48.9 Å². The molecule has 3 aromatic heterocycles. The van der Waals surface area contributed by atoms with Gasteiger partial charge in [0.05, 0.1) is 11.4 Å². The van der Waals surface area contributed by atoms with Crippen molar-refractivity contribution < 1.29 is 0 Å². The van der Waals surface area contributed by atoms with E-state index in [4.69, 9.17) is 5.73 Å². The van der Waals surface area contributed by atoms with Crippen molar-refractivity contribution in [1.82, 2.24) is 19.2 Å². The van der Waals surface area contributed by atoms with Crippen molar-refractivity contribution in [2.75, 3.05) is 5.73 Å². The van der Waals surface area contributed by atoms with Crippen LogP contribution in [0.2, 0.25) is 0 Å². The van der Waals surface area contributed by atoms with Crippen molar-refractivity contribution in [3.63, 3.8) is 0 Å². The standard InChI is InChI=1S/C20H17N5O/c1-14-13-24(18-8-5-16(21)6-9-18)25-19(26)11-17(23-20(14)25)7-4-15-3-2-10-22-12-15/h2-13H,21H2,1H3/b7-4+. The Morgan fingerprint density at radius 3 is 2.65 bits per heavy atom. The Morgan fingerprint density at radius 2 is 1.92 bits per heavy atom. The lowest BCUT2D eigenvalue weighted by molar-refractivity contribution is 0.763. The van der Waals surface area contributed by atoms with Crippen LogP contribution >= 0.6 is 0 Å². The number of rotatable bonds is 3. The number of pyridine rings is 1. The Kier molecular flexibility index (Phi) is 3.85. The number of nitrogens with two attached hydrogens (primary N) is 1. The molecule has 26 heavy (non-hydrogen) atoms. The van der Waals surface area contributed by atoms with Crippen LogP contribution in [0.4, 0.5) is 5.69 Å². The summed E-state index contributed by atoms with van der Waals surface area (Å²) in [5, 5.41) is 0. The molecule has 0 saturated carbocycles. The zero-order valence-electron chi connectivity index (χ0n) is 14.2. The molecule has 128 valence electrons. The van der Waals surface area contributed by atoms with Crippen LogP contribution in [0.15, 0.2) is 65.8 Å². The molecule has 0 amide bonds. The number of hydrogen-bond acceptors (Lipinski definition) is 4. The van der Waals surface area contributed by atoms with E-state index in [0.29, 0.717) is 17.0 Å². The summed E-state index contributed by atoms with van der Waals surface area (Å²) in [5.74, 6) is 0. The van der Waals surface area contributed by atoms with E-state index in [1.54, 1.807) is 33.7 Å². The lowest BCUT2D eigenvalue weighted by Gasteiger charge is -2.07. The van der Waals surface area contributed by atoms with Gasteiger partial charge in [0.15, 0.2) is 5.65 Å². The minimum absolute atomic E-state index is 0.147. The number of aromatic nitrogens is 4. The Morgan fingerprint density at radius 1 is 1.12 bits per heavy atom. The van der Waals surface area contributed by atoms with Crippen LogP contribution in [0, 0.1) is 6.92 Å². The SMILES string of the molecule is Cc1cn(-c2ccc(N)cc2)n2c(=O)cc(/C=C/c3cccnc3)nc12. The molecule has 0 unspecified atom stereocenters. The second kappa shape index (κ2) is 6.33. The second-order valence-corrected chi connectivity index (χ2v) is 6.02. The Bertz CT molecular complexity index is 1150. The molecule has 0 fully saturated rings. The lowest BCUT2D eigenvalue weighted by Crippen LogP contribution is -2.20. The average molecular weight is 343 g/mol. The minimum Gasteiger partial charge on any atom is -0.399 e. The van der Waals surface area contributed by atoms with Gasteiger partial charge in [0.2, 0.25) is 0 Å². The van der Waals surface area contributed by atoms with Crippen LogP contribution in [0.1, 0.15) is 16.8 Å². The number of benzene rings is 1. The molecule has 3 heterocycles. The van der Waals surface area contributed by atoms with Crippen LogP contribution < -0.4 is 11.3 Å². The monoisotopic (exact) mass is 343 g/mol. The highest BCUT2D eigenvalue weighted by atomic mass is 16.1.